The maximum absolute atomic E-state index is 12.3. The van der Waals surface area contributed by atoms with E-state index in [1.165, 1.54) is 25.7 Å². The average molecular weight is 489 g/mol. The van der Waals surface area contributed by atoms with Gasteiger partial charge in [-0.1, -0.05) is 43.2 Å². The van der Waals surface area contributed by atoms with E-state index in [1.807, 2.05) is 30.3 Å². The molecule has 3 rings (SSSR count). The van der Waals surface area contributed by atoms with Gasteiger partial charge < -0.3 is 10.2 Å². The van der Waals surface area contributed by atoms with Crippen molar-refractivity contribution in [3.63, 3.8) is 0 Å². The summed E-state index contributed by atoms with van der Waals surface area (Å²) >= 11 is 0. The van der Waals surface area contributed by atoms with Crippen LogP contribution in [0.15, 0.2) is 35.3 Å². The lowest BCUT2D eigenvalue weighted by molar-refractivity contribution is 0.299. The second-order valence-electron chi connectivity index (χ2n) is 7.22. The molecule has 6 heteroatoms. The molecule has 3 atom stereocenters. The summed E-state index contributed by atoms with van der Waals surface area (Å²) in [6.45, 7) is 5.92. The van der Waals surface area contributed by atoms with Crippen LogP contribution < -0.4 is 5.32 Å². The first kappa shape index (κ1) is 21.7. The van der Waals surface area contributed by atoms with Gasteiger partial charge >= 0.3 is 0 Å². The highest BCUT2D eigenvalue weighted by molar-refractivity contribution is 14.0. The molecule has 1 aromatic carbocycles. The molecule has 0 spiro atoms. The molecular weight excluding hydrogens is 457 g/mol. The second-order valence-corrected chi connectivity index (χ2v) is 8.80. The first-order valence-electron chi connectivity index (χ1n) is 9.68. The first-order valence-corrected chi connectivity index (χ1v) is 11.2. The normalized spacial score (nSPS) is 23.9. The molecule has 0 aromatic heterocycles. The van der Waals surface area contributed by atoms with Crippen LogP contribution in [0.3, 0.4) is 0 Å². The van der Waals surface area contributed by atoms with E-state index in [0.717, 1.165) is 43.0 Å². The fourth-order valence-electron chi connectivity index (χ4n) is 4.09. The summed E-state index contributed by atoms with van der Waals surface area (Å²) in [6.07, 6.45) is 5.53. The van der Waals surface area contributed by atoms with Gasteiger partial charge in [0.1, 0.15) is 0 Å². The predicted molar refractivity (Wildman–Crippen MR) is 122 cm³/mol. The number of hydrogen-bond acceptors (Lipinski definition) is 2. The lowest BCUT2D eigenvalue weighted by atomic mass is 9.82. The molecule has 1 saturated heterocycles. The van der Waals surface area contributed by atoms with Crippen LogP contribution >= 0.6 is 24.0 Å². The number of likely N-dealkylation sites (tertiary alicyclic amines) is 1. The fourth-order valence-corrected chi connectivity index (χ4v) is 5.09. The summed E-state index contributed by atoms with van der Waals surface area (Å²) in [5, 5.41) is 3.43. The van der Waals surface area contributed by atoms with Crippen molar-refractivity contribution in [1.29, 1.82) is 0 Å². The predicted octanol–water partition coefficient (Wildman–Crippen LogP) is 3.64. The number of halogens is 1. The van der Waals surface area contributed by atoms with Crippen molar-refractivity contribution in [2.24, 2.45) is 16.8 Å². The van der Waals surface area contributed by atoms with Gasteiger partial charge in [0, 0.05) is 41.9 Å². The van der Waals surface area contributed by atoms with E-state index in [9.17, 15) is 4.21 Å². The minimum atomic E-state index is -0.853. The second kappa shape index (κ2) is 11.3. The smallest absolute Gasteiger partial charge is 0.193 e. The Kier molecular flexibility index (Phi) is 9.39. The van der Waals surface area contributed by atoms with Gasteiger partial charge in [0.05, 0.1) is 6.54 Å². The van der Waals surface area contributed by atoms with E-state index in [1.54, 1.807) is 0 Å². The Balaban J connectivity index is 0.00000243. The lowest BCUT2D eigenvalue weighted by Gasteiger charge is -2.22. The average Bonchev–Trinajstić information content (AvgIpc) is 3.06. The van der Waals surface area contributed by atoms with Crippen LogP contribution in [0.5, 0.6) is 0 Å². The van der Waals surface area contributed by atoms with Crippen molar-refractivity contribution < 1.29 is 4.21 Å². The van der Waals surface area contributed by atoms with E-state index < -0.39 is 10.8 Å². The van der Waals surface area contributed by atoms with Gasteiger partial charge in [-0.25, -0.2) is 0 Å². The maximum atomic E-state index is 12.3. The molecule has 0 amide bonds. The van der Waals surface area contributed by atoms with Gasteiger partial charge in [0.15, 0.2) is 5.96 Å². The molecule has 1 aliphatic carbocycles. The maximum Gasteiger partial charge on any atom is 0.193 e. The molecule has 0 bridgehead atoms. The highest BCUT2D eigenvalue weighted by Crippen LogP contribution is 2.35. The summed E-state index contributed by atoms with van der Waals surface area (Å²) < 4.78 is 12.3. The van der Waals surface area contributed by atoms with Crippen molar-refractivity contribution in [2.45, 2.75) is 38.4 Å². The first-order chi connectivity index (χ1) is 12.3. The Morgan fingerprint density at radius 3 is 2.46 bits per heavy atom. The SMILES string of the molecule is CCNC(=NCCS(=O)Cc1ccccc1)N1CC2CCCCC2C1.I. The quantitative estimate of drug-likeness (QED) is 0.377. The van der Waals surface area contributed by atoms with E-state index >= 15 is 0 Å². The van der Waals surface area contributed by atoms with Crippen LogP contribution in [-0.4, -0.2) is 47.0 Å². The molecule has 1 aromatic rings. The van der Waals surface area contributed by atoms with E-state index in [2.05, 4.69) is 17.1 Å². The fraction of sp³-hybridized carbons (Fsp3) is 0.650. The van der Waals surface area contributed by atoms with Crippen LogP contribution in [0.4, 0.5) is 0 Å². The van der Waals surface area contributed by atoms with Crippen molar-refractivity contribution in [3.8, 4) is 0 Å². The number of fused-ring (bicyclic) bond motifs is 1. The van der Waals surface area contributed by atoms with Crippen LogP contribution in [0.2, 0.25) is 0 Å². The third-order valence-electron chi connectivity index (χ3n) is 5.36. The summed E-state index contributed by atoms with van der Waals surface area (Å²) in [6, 6.07) is 10.1. The molecule has 146 valence electrons. The van der Waals surface area contributed by atoms with Gasteiger partial charge in [0.2, 0.25) is 0 Å². The number of hydrogen-bond donors (Lipinski definition) is 1. The Bertz CT molecular complexity index is 582. The summed E-state index contributed by atoms with van der Waals surface area (Å²) in [4.78, 5) is 7.21. The Labute approximate surface area is 177 Å². The number of nitrogens with one attached hydrogen (secondary N) is 1. The van der Waals surface area contributed by atoms with Crippen LogP contribution in [0.25, 0.3) is 0 Å². The van der Waals surface area contributed by atoms with Crippen LogP contribution in [0, 0.1) is 11.8 Å². The minimum absolute atomic E-state index is 0. The molecule has 2 fully saturated rings. The van der Waals surface area contributed by atoms with Gasteiger partial charge in [-0.05, 0) is 37.2 Å². The molecular formula is C20H32IN3OS. The molecule has 1 N–H and O–H groups in total. The largest absolute Gasteiger partial charge is 0.357 e. The highest BCUT2D eigenvalue weighted by Gasteiger charge is 2.35. The Morgan fingerprint density at radius 1 is 1.19 bits per heavy atom. The van der Waals surface area contributed by atoms with Crippen LogP contribution in [-0.2, 0) is 16.6 Å². The van der Waals surface area contributed by atoms with E-state index in [0.29, 0.717) is 18.1 Å². The van der Waals surface area contributed by atoms with Gasteiger partial charge in [0.25, 0.3) is 0 Å². The van der Waals surface area contributed by atoms with Crippen LogP contribution in [0.1, 0.15) is 38.2 Å². The van der Waals surface area contributed by atoms with Crippen molar-refractivity contribution >= 4 is 40.7 Å². The number of benzene rings is 1. The molecule has 0 radical (unpaired) electrons. The summed E-state index contributed by atoms with van der Waals surface area (Å²) in [7, 11) is -0.853. The Hall–Kier alpha value is -0.630. The zero-order valence-corrected chi connectivity index (χ0v) is 18.9. The van der Waals surface area contributed by atoms with Crippen molar-refractivity contribution in [2.75, 3.05) is 31.9 Å². The standard InChI is InChI=1S/C20H31N3OS.HI/c1-2-21-20(23-14-18-10-6-7-11-19(18)15-23)22-12-13-25(24)16-17-8-4-3-5-9-17;/h3-5,8-9,18-19H,2,6-7,10-16H2,1H3,(H,21,22);1H. The number of guanidine groups is 1. The molecule has 1 aliphatic heterocycles. The minimum Gasteiger partial charge on any atom is -0.357 e. The third-order valence-corrected chi connectivity index (χ3v) is 6.65. The molecule has 26 heavy (non-hydrogen) atoms. The lowest BCUT2D eigenvalue weighted by Crippen LogP contribution is -2.40. The summed E-state index contributed by atoms with van der Waals surface area (Å²) in [5.74, 6) is 3.98. The zero-order valence-electron chi connectivity index (χ0n) is 15.7. The molecule has 1 saturated carbocycles. The van der Waals surface area contributed by atoms with E-state index in [-0.39, 0.29) is 24.0 Å². The molecule has 2 aliphatic rings. The highest BCUT2D eigenvalue weighted by atomic mass is 127. The van der Waals surface area contributed by atoms with E-state index in [4.69, 9.17) is 4.99 Å². The number of nitrogens with zero attached hydrogens (tertiary/aromatic N) is 2. The molecule has 4 nitrogen and oxygen atoms in total. The third kappa shape index (κ3) is 6.22. The topological polar surface area (TPSA) is 44.7 Å². The number of rotatable bonds is 6. The van der Waals surface area contributed by atoms with Gasteiger partial charge in [-0.2, -0.15) is 0 Å². The molecule has 3 unspecified atom stereocenters. The molecule has 1 heterocycles. The monoisotopic (exact) mass is 489 g/mol. The van der Waals surface area contributed by atoms with Crippen molar-refractivity contribution in [3.05, 3.63) is 35.9 Å². The Morgan fingerprint density at radius 2 is 1.85 bits per heavy atom. The van der Waals surface area contributed by atoms with Crippen molar-refractivity contribution in [1.82, 2.24) is 10.2 Å². The van der Waals surface area contributed by atoms with Gasteiger partial charge in [-0.3, -0.25) is 9.20 Å². The zero-order chi connectivity index (χ0) is 17.5. The number of aliphatic imine (C=N–C) groups is 1. The van der Waals surface area contributed by atoms with Gasteiger partial charge in [-0.15, -0.1) is 24.0 Å². The summed E-state index contributed by atoms with van der Waals surface area (Å²) in [5.41, 5.74) is 1.14.